The second kappa shape index (κ2) is 5.00. The highest BCUT2D eigenvalue weighted by molar-refractivity contribution is 5.49. The molecule has 1 aromatic rings. The first kappa shape index (κ1) is 14.1. The predicted octanol–water partition coefficient (Wildman–Crippen LogP) is 3.05. The van der Waals surface area contributed by atoms with Crippen LogP contribution in [0.3, 0.4) is 0 Å². The first-order valence-electron chi connectivity index (χ1n) is 6.03. The Morgan fingerprint density at radius 2 is 1.95 bits per heavy atom. The van der Waals surface area contributed by atoms with Crippen molar-refractivity contribution in [3.8, 4) is 0 Å². The van der Waals surface area contributed by atoms with Gasteiger partial charge >= 0.3 is 6.18 Å². The normalized spacial score (nSPS) is 23.1. The summed E-state index contributed by atoms with van der Waals surface area (Å²) in [6.45, 7) is 0.527. The fourth-order valence-corrected chi connectivity index (χ4v) is 2.33. The molecular formula is C13H15F4NO. The van der Waals surface area contributed by atoms with Gasteiger partial charge in [0.25, 0.3) is 0 Å². The van der Waals surface area contributed by atoms with Crippen LogP contribution < -0.4 is 4.90 Å². The zero-order chi connectivity index (χ0) is 14.2. The predicted molar refractivity (Wildman–Crippen MR) is 63.4 cm³/mol. The van der Waals surface area contributed by atoms with E-state index in [1.54, 1.807) is 11.9 Å². The van der Waals surface area contributed by atoms with Gasteiger partial charge in [0.2, 0.25) is 0 Å². The van der Waals surface area contributed by atoms with E-state index in [9.17, 15) is 17.6 Å². The van der Waals surface area contributed by atoms with Gasteiger partial charge in [0.1, 0.15) is 5.82 Å². The SMILES string of the molecule is CN(CC1CC(O)C1)c1ccc(C(F)(F)F)cc1F. The van der Waals surface area contributed by atoms with E-state index in [0.29, 0.717) is 25.5 Å². The molecule has 0 radical (unpaired) electrons. The van der Waals surface area contributed by atoms with Crippen LogP contribution >= 0.6 is 0 Å². The van der Waals surface area contributed by atoms with E-state index in [0.717, 1.165) is 12.1 Å². The minimum Gasteiger partial charge on any atom is -0.393 e. The van der Waals surface area contributed by atoms with E-state index in [2.05, 4.69) is 0 Å². The van der Waals surface area contributed by atoms with Crippen LogP contribution in [0.25, 0.3) is 0 Å². The van der Waals surface area contributed by atoms with Crippen molar-refractivity contribution in [3.05, 3.63) is 29.6 Å². The summed E-state index contributed by atoms with van der Waals surface area (Å²) in [6.07, 6.45) is -3.51. The summed E-state index contributed by atoms with van der Waals surface area (Å²) in [5.41, 5.74) is -0.837. The van der Waals surface area contributed by atoms with E-state index in [1.165, 1.54) is 0 Å². The topological polar surface area (TPSA) is 23.5 Å². The molecule has 2 nitrogen and oxygen atoms in total. The second-order valence-corrected chi connectivity index (χ2v) is 5.04. The summed E-state index contributed by atoms with van der Waals surface area (Å²) in [7, 11) is 1.64. The molecule has 1 saturated carbocycles. The average molecular weight is 277 g/mol. The molecule has 2 rings (SSSR count). The zero-order valence-corrected chi connectivity index (χ0v) is 10.4. The fraction of sp³-hybridized carbons (Fsp3) is 0.538. The molecule has 1 fully saturated rings. The summed E-state index contributed by atoms with van der Waals surface area (Å²) >= 11 is 0. The Kier molecular flexibility index (Phi) is 3.71. The number of hydrogen-bond acceptors (Lipinski definition) is 2. The van der Waals surface area contributed by atoms with Gasteiger partial charge in [-0.3, -0.25) is 0 Å². The quantitative estimate of drug-likeness (QED) is 0.858. The molecule has 0 spiro atoms. The van der Waals surface area contributed by atoms with Gasteiger partial charge in [0.05, 0.1) is 17.4 Å². The Morgan fingerprint density at radius 1 is 1.32 bits per heavy atom. The molecule has 0 aliphatic heterocycles. The molecule has 1 N–H and O–H groups in total. The summed E-state index contributed by atoms with van der Waals surface area (Å²) in [4.78, 5) is 1.59. The van der Waals surface area contributed by atoms with E-state index < -0.39 is 17.6 Å². The summed E-state index contributed by atoms with van der Waals surface area (Å²) in [5.74, 6) is -0.612. The van der Waals surface area contributed by atoms with Gasteiger partial charge in [0, 0.05) is 13.6 Å². The fourth-order valence-electron chi connectivity index (χ4n) is 2.33. The monoisotopic (exact) mass is 277 g/mol. The number of hydrogen-bond donors (Lipinski definition) is 1. The Balaban J connectivity index is 2.08. The van der Waals surface area contributed by atoms with Gasteiger partial charge < -0.3 is 10.0 Å². The van der Waals surface area contributed by atoms with E-state index in [4.69, 9.17) is 5.11 Å². The lowest BCUT2D eigenvalue weighted by Crippen LogP contribution is -2.37. The van der Waals surface area contributed by atoms with Crippen molar-refractivity contribution in [2.24, 2.45) is 5.92 Å². The minimum atomic E-state index is -4.53. The van der Waals surface area contributed by atoms with Gasteiger partial charge in [-0.15, -0.1) is 0 Å². The molecule has 19 heavy (non-hydrogen) atoms. The van der Waals surface area contributed by atoms with Crippen molar-refractivity contribution in [3.63, 3.8) is 0 Å². The van der Waals surface area contributed by atoms with Crippen molar-refractivity contribution in [1.82, 2.24) is 0 Å². The van der Waals surface area contributed by atoms with Gasteiger partial charge in [-0.05, 0) is 37.0 Å². The molecule has 106 valence electrons. The number of benzene rings is 1. The number of rotatable bonds is 3. The molecule has 0 unspecified atom stereocenters. The molecule has 0 amide bonds. The summed E-state index contributed by atoms with van der Waals surface area (Å²) in [5, 5.41) is 9.16. The largest absolute Gasteiger partial charge is 0.416 e. The van der Waals surface area contributed by atoms with E-state index >= 15 is 0 Å². The van der Waals surface area contributed by atoms with Crippen LogP contribution in [0.4, 0.5) is 23.2 Å². The second-order valence-electron chi connectivity index (χ2n) is 5.04. The van der Waals surface area contributed by atoms with Crippen LogP contribution in [-0.2, 0) is 6.18 Å². The molecule has 1 aliphatic rings. The van der Waals surface area contributed by atoms with Crippen molar-refractivity contribution in [2.75, 3.05) is 18.5 Å². The van der Waals surface area contributed by atoms with E-state index in [1.807, 2.05) is 0 Å². The number of halogens is 4. The van der Waals surface area contributed by atoms with Gasteiger partial charge in [-0.25, -0.2) is 4.39 Å². The van der Waals surface area contributed by atoms with Gasteiger partial charge in [-0.2, -0.15) is 13.2 Å². The summed E-state index contributed by atoms with van der Waals surface area (Å²) in [6, 6.07) is 2.54. The summed E-state index contributed by atoms with van der Waals surface area (Å²) < 4.78 is 50.9. The lowest BCUT2D eigenvalue weighted by atomic mass is 9.82. The van der Waals surface area contributed by atoms with Gasteiger partial charge in [-0.1, -0.05) is 0 Å². The van der Waals surface area contributed by atoms with Crippen LogP contribution in [0.15, 0.2) is 18.2 Å². The molecule has 0 aromatic heterocycles. The third kappa shape index (κ3) is 3.18. The molecule has 1 aliphatic carbocycles. The van der Waals surface area contributed by atoms with E-state index in [-0.39, 0.29) is 17.7 Å². The third-order valence-corrected chi connectivity index (χ3v) is 3.43. The lowest BCUT2D eigenvalue weighted by Gasteiger charge is -2.35. The molecule has 6 heteroatoms. The number of anilines is 1. The Morgan fingerprint density at radius 3 is 2.42 bits per heavy atom. The Hall–Kier alpha value is -1.30. The maximum atomic E-state index is 13.7. The van der Waals surface area contributed by atoms with Crippen LogP contribution in [0.1, 0.15) is 18.4 Å². The highest BCUT2D eigenvalue weighted by Crippen LogP contribution is 2.33. The Labute approximate surface area is 108 Å². The Bertz CT molecular complexity index is 454. The molecule has 0 heterocycles. The average Bonchev–Trinajstić information content (AvgIpc) is 2.25. The standard InChI is InChI=1S/C13H15F4NO/c1-18(7-8-4-10(19)5-8)12-3-2-9(6-11(12)14)13(15,16)17/h2-3,6,8,10,19H,4-5,7H2,1H3. The first-order valence-corrected chi connectivity index (χ1v) is 6.03. The van der Waals surface area contributed by atoms with Crippen LogP contribution in [-0.4, -0.2) is 24.8 Å². The third-order valence-electron chi connectivity index (χ3n) is 3.43. The number of alkyl halides is 3. The van der Waals surface area contributed by atoms with Crippen molar-refractivity contribution in [2.45, 2.75) is 25.1 Å². The smallest absolute Gasteiger partial charge is 0.393 e. The number of aliphatic hydroxyl groups is 1. The van der Waals surface area contributed by atoms with Crippen molar-refractivity contribution >= 4 is 5.69 Å². The van der Waals surface area contributed by atoms with Gasteiger partial charge in [0.15, 0.2) is 0 Å². The highest BCUT2D eigenvalue weighted by atomic mass is 19.4. The maximum Gasteiger partial charge on any atom is 0.416 e. The van der Waals surface area contributed by atoms with Crippen LogP contribution in [0, 0.1) is 11.7 Å². The minimum absolute atomic E-state index is 0.148. The van der Waals surface area contributed by atoms with Crippen LogP contribution in [0.5, 0.6) is 0 Å². The van der Waals surface area contributed by atoms with Crippen molar-refractivity contribution < 1.29 is 22.7 Å². The number of aliphatic hydroxyl groups excluding tert-OH is 1. The molecule has 0 bridgehead atoms. The number of nitrogens with zero attached hydrogens (tertiary/aromatic N) is 1. The van der Waals surface area contributed by atoms with Crippen molar-refractivity contribution in [1.29, 1.82) is 0 Å². The highest BCUT2D eigenvalue weighted by Gasteiger charge is 2.32. The maximum absolute atomic E-state index is 13.7. The van der Waals surface area contributed by atoms with Crippen LogP contribution in [0.2, 0.25) is 0 Å². The molecule has 0 atom stereocenters. The molecule has 1 aromatic carbocycles. The molecule has 0 saturated heterocycles. The first-order chi connectivity index (χ1) is 8.77. The zero-order valence-electron chi connectivity index (χ0n) is 10.4. The lowest BCUT2D eigenvalue weighted by molar-refractivity contribution is -0.137. The molecular weight excluding hydrogens is 262 g/mol.